The number of ether oxygens (including phenoxy) is 1. The third kappa shape index (κ3) is 5.58. The van der Waals surface area contributed by atoms with Gasteiger partial charge in [0.1, 0.15) is 5.75 Å². The fourth-order valence-corrected chi connectivity index (χ4v) is 4.88. The lowest BCUT2D eigenvalue weighted by atomic mass is 10.1. The first kappa shape index (κ1) is 21.3. The molecule has 1 saturated carbocycles. The van der Waals surface area contributed by atoms with Crippen LogP contribution in [0.15, 0.2) is 47.4 Å². The summed E-state index contributed by atoms with van der Waals surface area (Å²) in [6.45, 7) is 3.84. The summed E-state index contributed by atoms with van der Waals surface area (Å²) in [5.74, 6) is 0.189. The second-order valence-electron chi connectivity index (χ2n) is 7.37. The van der Waals surface area contributed by atoms with Crippen LogP contribution in [0.4, 0.5) is 5.69 Å². The van der Waals surface area contributed by atoms with Gasteiger partial charge in [-0.3, -0.25) is 4.79 Å². The molecular formula is C22H28N2O4S. The number of para-hydroxylation sites is 1. The van der Waals surface area contributed by atoms with Crippen molar-refractivity contribution < 1.29 is 17.9 Å². The van der Waals surface area contributed by atoms with Gasteiger partial charge in [0, 0.05) is 11.7 Å². The van der Waals surface area contributed by atoms with Crippen molar-refractivity contribution in [2.24, 2.45) is 0 Å². The smallest absolute Gasteiger partial charge is 0.262 e. The highest BCUT2D eigenvalue weighted by molar-refractivity contribution is 7.89. The molecule has 2 aromatic carbocycles. The average molecular weight is 417 g/mol. The average Bonchev–Trinajstić information content (AvgIpc) is 3.20. The Labute approximate surface area is 172 Å². The van der Waals surface area contributed by atoms with Gasteiger partial charge in [-0.05, 0) is 61.6 Å². The van der Waals surface area contributed by atoms with Gasteiger partial charge >= 0.3 is 0 Å². The van der Waals surface area contributed by atoms with Gasteiger partial charge in [-0.2, -0.15) is 0 Å². The summed E-state index contributed by atoms with van der Waals surface area (Å²) in [5, 5.41) is 2.91. The first-order chi connectivity index (χ1) is 13.9. The number of aryl methyl sites for hydroxylation is 2. The lowest BCUT2D eigenvalue weighted by Gasteiger charge is -2.14. The van der Waals surface area contributed by atoms with Crippen LogP contribution < -0.4 is 14.8 Å². The maximum atomic E-state index is 12.4. The quantitative estimate of drug-likeness (QED) is 0.686. The Morgan fingerprint density at radius 2 is 1.79 bits per heavy atom. The number of amides is 1. The van der Waals surface area contributed by atoms with Crippen molar-refractivity contribution in [1.82, 2.24) is 4.72 Å². The van der Waals surface area contributed by atoms with E-state index in [9.17, 15) is 13.2 Å². The summed E-state index contributed by atoms with van der Waals surface area (Å²) in [7, 11) is -3.53. The number of nitrogens with one attached hydrogen (secondary N) is 2. The van der Waals surface area contributed by atoms with Gasteiger partial charge in [0.15, 0.2) is 6.61 Å². The minimum absolute atomic E-state index is 0.0223. The van der Waals surface area contributed by atoms with E-state index < -0.39 is 10.0 Å². The van der Waals surface area contributed by atoms with E-state index in [2.05, 4.69) is 10.0 Å². The summed E-state index contributed by atoms with van der Waals surface area (Å²) >= 11 is 0. The number of rotatable bonds is 8. The zero-order chi connectivity index (χ0) is 20.9. The summed E-state index contributed by atoms with van der Waals surface area (Å²) in [6.07, 6.45) is 4.71. The molecule has 1 amide bonds. The molecule has 1 aliphatic rings. The van der Waals surface area contributed by atoms with Crippen molar-refractivity contribution in [3.63, 3.8) is 0 Å². The highest BCUT2D eigenvalue weighted by Gasteiger charge is 2.22. The normalized spacial score (nSPS) is 14.7. The molecule has 0 saturated heterocycles. The van der Waals surface area contributed by atoms with Gasteiger partial charge in [0.25, 0.3) is 5.91 Å². The Balaban J connectivity index is 1.57. The molecule has 0 heterocycles. The lowest BCUT2D eigenvalue weighted by molar-refractivity contribution is -0.118. The topological polar surface area (TPSA) is 84.5 Å². The van der Waals surface area contributed by atoms with E-state index in [1.807, 2.05) is 32.0 Å². The van der Waals surface area contributed by atoms with Crippen LogP contribution in [0.1, 0.15) is 43.7 Å². The molecule has 6 nitrogen and oxygen atoms in total. The minimum atomic E-state index is -3.53. The molecule has 0 unspecified atom stereocenters. The van der Waals surface area contributed by atoms with Crippen molar-refractivity contribution in [3.05, 3.63) is 53.6 Å². The van der Waals surface area contributed by atoms with E-state index in [-0.39, 0.29) is 23.5 Å². The minimum Gasteiger partial charge on any atom is -0.484 e. The van der Waals surface area contributed by atoms with Gasteiger partial charge < -0.3 is 10.1 Å². The van der Waals surface area contributed by atoms with Crippen molar-refractivity contribution in [2.75, 3.05) is 11.9 Å². The molecule has 2 N–H and O–H groups in total. The zero-order valence-electron chi connectivity index (χ0n) is 16.9. The number of benzene rings is 2. The lowest BCUT2D eigenvalue weighted by Crippen LogP contribution is -2.32. The predicted octanol–water partition coefficient (Wildman–Crippen LogP) is 3.80. The van der Waals surface area contributed by atoms with Crippen LogP contribution in [0.25, 0.3) is 0 Å². The van der Waals surface area contributed by atoms with Crippen LogP contribution in [0, 0.1) is 6.92 Å². The number of anilines is 1. The highest BCUT2D eigenvalue weighted by Crippen LogP contribution is 2.23. The first-order valence-corrected chi connectivity index (χ1v) is 11.5. The molecule has 2 aromatic rings. The largest absolute Gasteiger partial charge is 0.484 e. The van der Waals surface area contributed by atoms with Crippen LogP contribution in [0.2, 0.25) is 0 Å². The Morgan fingerprint density at radius 1 is 1.10 bits per heavy atom. The second-order valence-corrected chi connectivity index (χ2v) is 9.09. The zero-order valence-corrected chi connectivity index (χ0v) is 17.7. The monoisotopic (exact) mass is 416 g/mol. The number of sulfonamides is 1. The molecule has 29 heavy (non-hydrogen) atoms. The van der Waals surface area contributed by atoms with Gasteiger partial charge in [-0.1, -0.05) is 38.0 Å². The number of hydrogen-bond donors (Lipinski definition) is 2. The molecule has 0 bridgehead atoms. The van der Waals surface area contributed by atoms with E-state index >= 15 is 0 Å². The molecule has 0 aromatic heterocycles. The van der Waals surface area contributed by atoms with Gasteiger partial charge in [0.2, 0.25) is 10.0 Å². The summed E-state index contributed by atoms with van der Waals surface area (Å²) in [4.78, 5) is 12.5. The summed E-state index contributed by atoms with van der Waals surface area (Å²) in [5.41, 5.74) is 2.90. The molecule has 0 atom stereocenters. The highest BCUT2D eigenvalue weighted by atomic mass is 32.2. The molecule has 3 rings (SSSR count). The third-order valence-electron chi connectivity index (χ3n) is 5.19. The number of carbonyl (C=O) groups is 1. The standard InChI is InChI=1S/C22H28N2O4S/c1-3-17-8-6-7-16(2)22(17)23-21(25)15-28-19-11-13-20(14-12-19)29(26,27)24-18-9-4-5-10-18/h6-8,11-14,18,24H,3-5,9-10,15H2,1-2H3,(H,23,25). The van der Waals surface area contributed by atoms with Crippen molar-refractivity contribution in [3.8, 4) is 5.75 Å². The fraction of sp³-hybridized carbons (Fsp3) is 0.409. The van der Waals surface area contributed by atoms with Crippen molar-refractivity contribution in [2.45, 2.75) is 56.9 Å². The second kappa shape index (κ2) is 9.41. The van der Waals surface area contributed by atoms with Crippen LogP contribution in [-0.4, -0.2) is 27.0 Å². The van der Waals surface area contributed by atoms with E-state index in [4.69, 9.17) is 4.74 Å². The van der Waals surface area contributed by atoms with E-state index in [1.165, 1.54) is 12.1 Å². The van der Waals surface area contributed by atoms with Gasteiger partial charge in [-0.15, -0.1) is 0 Å². The predicted molar refractivity (Wildman–Crippen MR) is 114 cm³/mol. The summed E-state index contributed by atoms with van der Waals surface area (Å²) < 4.78 is 33.2. The maximum Gasteiger partial charge on any atom is 0.262 e. The molecule has 0 radical (unpaired) electrons. The molecule has 1 aliphatic carbocycles. The fourth-order valence-electron chi connectivity index (χ4n) is 3.57. The maximum absolute atomic E-state index is 12.4. The third-order valence-corrected chi connectivity index (χ3v) is 6.72. The van der Waals surface area contributed by atoms with Crippen LogP contribution >= 0.6 is 0 Å². The van der Waals surface area contributed by atoms with Gasteiger partial charge in [-0.25, -0.2) is 13.1 Å². The molecule has 0 spiro atoms. The van der Waals surface area contributed by atoms with Gasteiger partial charge in [0.05, 0.1) is 4.90 Å². The SMILES string of the molecule is CCc1cccc(C)c1NC(=O)COc1ccc(S(=O)(=O)NC2CCCC2)cc1. The van der Waals surface area contributed by atoms with Crippen molar-refractivity contribution >= 4 is 21.6 Å². The van der Waals surface area contributed by atoms with Crippen molar-refractivity contribution in [1.29, 1.82) is 0 Å². The molecular weight excluding hydrogens is 388 g/mol. The Hall–Kier alpha value is -2.38. The molecule has 0 aliphatic heterocycles. The van der Waals surface area contributed by atoms with Crippen LogP contribution in [0.3, 0.4) is 0 Å². The number of carbonyl (C=O) groups excluding carboxylic acids is 1. The summed E-state index contributed by atoms with van der Waals surface area (Å²) in [6, 6.07) is 12.1. The first-order valence-electron chi connectivity index (χ1n) is 10.0. The molecule has 156 valence electrons. The Bertz CT molecular complexity index is 949. The number of hydrogen-bond acceptors (Lipinski definition) is 4. The Kier molecular flexibility index (Phi) is 6.92. The van der Waals surface area contributed by atoms with Crippen LogP contribution in [-0.2, 0) is 21.2 Å². The molecule has 1 fully saturated rings. The van der Waals surface area contributed by atoms with Crippen LogP contribution in [0.5, 0.6) is 5.75 Å². The molecule has 7 heteroatoms. The van der Waals surface area contributed by atoms with E-state index in [1.54, 1.807) is 12.1 Å². The Morgan fingerprint density at radius 3 is 2.45 bits per heavy atom. The van der Waals surface area contributed by atoms with E-state index in [0.717, 1.165) is 48.9 Å². The van der Waals surface area contributed by atoms with E-state index in [0.29, 0.717) is 5.75 Å².